The monoisotopic (exact) mass is 406 g/mol. The van der Waals surface area contributed by atoms with Crippen LogP contribution in [0.2, 0.25) is 0 Å². The molecule has 2 unspecified atom stereocenters. The zero-order chi connectivity index (χ0) is 18.8. The van der Waals surface area contributed by atoms with Crippen molar-refractivity contribution in [2.45, 2.75) is 30.8 Å². The van der Waals surface area contributed by atoms with Gasteiger partial charge < -0.3 is 14.8 Å². The predicted octanol–water partition coefficient (Wildman–Crippen LogP) is 1.05. The number of carbonyl (C=O) groups excluding carboxylic acids is 2. The molecule has 1 aliphatic rings. The third-order valence-corrected chi connectivity index (χ3v) is 6.40. The van der Waals surface area contributed by atoms with Gasteiger partial charge in [-0.2, -0.15) is 4.31 Å². The third-order valence-electron chi connectivity index (χ3n) is 4.37. The molecule has 8 nitrogen and oxygen atoms in total. The van der Waals surface area contributed by atoms with Gasteiger partial charge in [0.25, 0.3) is 0 Å². The predicted molar refractivity (Wildman–Crippen MR) is 97.2 cm³/mol. The second-order valence-corrected chi connectivity index (χ2v) is 7.65. The first-order valence-electron chi connectivity index (χ1n) is 7.80. The first kappa shape index (κ1) is 22.4. The van der Waals surface area contributed by atoms with E-state index in [0.717, 1.165) is 6.07 Å². The summed E-state index contributed by atoms with van der Waals surface area (Å²) in [6.45, 7) is 4.43. The SMILES string of the molecule is COC(=O)c1ccc(C(=O)OC)c(S(=O)(=O)N2CCNC(C)C2C)c1.Cl. The van der Waals surface area contributed by atoms with Gasteiger partial charge in [-0.3, -0.25) is 0 Å². The van der Waals surface area contributed by atoms with Gasteiger partial charge in [0.15, 0.2) is 0 Å². The maximum Gasteiger partial charge on any atom is 0.339 e. The van der Waals surface area contributed by atoms with Crippen LogP contribution in [-0.4, -0.2) is 64.1 Å². The van der Waals surface area contributed by atoms with Crippen LogP contribution in [0.15, 0.2) is 23.1 Å². The first-order chi connectivity index (χ1) is 11.7. The average Bonchev–Trinajstić information content (AvgIpc) is 2.61. The number of nitrogens with zero attached hydrogens (tertiary/aromatic N) is 1. The highest BCUT2D eigenvalue weighted by atomic mass is 35.5. The van der Waals surface area contributed by atoms with E-state index in [1.54, 1.807) is 6.92 Å². The molecule has 1 aromatic rings. The van der Waals surface area contributed by atoms with E-state index in [9.17, 15) is 18.0 Å². The Morgan fingerprint density at radius 2 is 1.77 bits per heavy atom. The van der Waals surface area contributed by atoms with Gasteiger partial charge in [-0.25, -0.2) is 18.0 Å². The fourth-order valence-electron chi connectivity index (χ4n) is 2.75. The Morgan fingerprint density at radius 3 is 2.35 bits per heavy atom. The summed E-state index contributed by atoms with van der Waals surface area (Å²) < 4.78 is 37.0. The van der Waals surface area contributed by atoms with Crippen LogP contribution in [0.4, 0.5) is 0 Å². The van der Waals surface area contributed by atoms with E-state index in [1.807, 2.05) is 6.92 Å². The zero-order valence-electron chi connectivity index (χ0n) is 15.0. The molecular formula is C16H23ClN2O6S. The second kappa shape index (κ2) is 8.81. The maximum absolute atomic E-state index is 13.2. The molecule has 2 rings (SSSR count). The van der Waals surface area contributed by atoms with Crippen molar-refractivity contribution in [3.8, 4) is 0 Å². The highest BCUT2D eigenvalue weighted by Crippen LogP contribution is 2.26. The molecule has 1 aliphatic heterocycles. The topological polar surface area (TPSA) is 102 Å². The van der Waals surface area contributed by atoms with E-state index in [2.05, 4.69) is 14.8 Å². The van der Waals surface area contributed by atoms with Crippen LogP contribution < -0.4 is 5.32 Å². The van der Waals surface area contributed by atoms with Crippen molar-refractivity contribution in [1.29, 1.82) is 0 Å². The van der Waals surface area contributed by atoms with Gasteiger partial charge in [0.2, 0.25) is 10.0 Å². The van der Waals surface area contributed by atoms with Crippen LogP contribution in [0, 0.1) is 0 Å². The maximum atomic E-state index is 13.2. The lowest BCUT2D eigenvalue weighted by molar-refractivity contribution is 0.0583. The van der Waals surface area contributed by atoms with Gasteiger partial charge in [0.1, 0.15) is 0 Å². The Kier molecular flexibility index (Phi) is 7.57. The standard InChI is InChI=1S/C16H22N2O6S.ClH/c1-10-11(2)18(8-7-17-10)25(21,22)14-9-12(15(19)23-3)5-6-13(14)16(20)24-4;/h5-6,9-11,17H,7-8H2,1-4H3;1H. The summed E-state index contributed by atoms with van der Waals surface area (Å²) in [7, 11) is -1.64. The number of piperazine rings is 1. The Morgan fingerprint density at radius 1 is 1.15 bits per heavy atom. The quantitative estimate of drug-likeness (QED) is 0.745. The summed E-state index contributed by atoms with van der Waals surface area (Å²) in [4.78, 5) is 23.5. The van der Waals surface area contributed by atoms with Crippen molar-refractivity contribution in [1.82, 2.24) is 9.62 Å². The van der Waals surface area contributed by atoms with Crippen LogP contribution in [0.3, 0.4) is 0 Å². The van der Waals surface area contributed by atoms with E-state index in [-0.39, 0.29) is 47.1 Å². The number of rotatable bonds is 4. The Balaban J connectivity index is 0.00000338. The fourth-order valence-corrected chi connectivity index (χ4v) is 4.66. The average molecular weight is 407 g/mol. The summed E-state index contributed by atoms with van der Waals surface area (Å²) in [5.41, 5.74) is -0.0712. The van der Waals surface area contributed by atoms with Crippen molar-refractivity contribution in [3.63, 3.8) is 0 Å². The number of methoxy groups -OCH3 is 2. The van der Waals surface area contributed by atoms with Crippen molar-refractivity contribution in [2.24, 2.45) is 0 Å². The van der Waals surface area contributed by atoms with E-state index in [4.69, 9.17) is 0 Å². The molecule has 0 spiro atoms. The number of benzene rings is 1. The van der Waals surface area contributed by atoms with Crippen LogP contribution in [-0.2, 0) is 19.5 Å². The molecule has 0 amide bonds. The lowest BCUT2D eigenvalue weighted by atomic mass is 10.1. The molecule has 1 saturated heterocycles. The summed E-state index contributed by atoms with van der Waals surface area (Å²) in [5.74, 6) is -1.47. The largest absolute Gasteiger partial charge is 0.465 e. The molecule has 1 N–H and O–H groups in total. The van der Waals surface area contributed by atoms with Crippen molar-refractivity contribution in [3.05, 3.63) is 29.3 Å². The summed E-state index contributed by atoms with van der Waals surface area (Å²) in [5, 5.41) is 3.20. The molecule has 1 heterocycles. The highest BCUT2D eigenvalue weighted by molar-refractivity contribution is 7.89. The normalized spacial score (nSPS) is 20.8. The number of esters is 2. The molecule has 0 bridgehead atoms. The second-order valence-electron chi connectivity index (χ2n) is 5.79. The number of sulfonamides is 1. The number of hydrogen-bond donors (Lipinski definition) is 1. The smallest absolute Gasteiger partial charge is 0.339 e. The minimum Gasteiger partial charge on any atom is -0.465 e. The lowest BCUT2D eigenvalue weighted by Gasteiger charge is -2.37. The molecule has 0 saturated carbocycles. The molecule has 0 aliphatic carbocycles. The van der Waals surface area contributed by atoms with E-state index >= 15 is 0 Å². The Hall–Kier alpha value is -1.68. The van der Waals surface area contributed by atoms with E-state index in [0.29, 0.717) is 6.54 Å². The fraction of sp³-hybridized carbons (Fsp3) is 0.500. The lowest BCUT2D eigenvalue weighted by Crippen LogP contribution is -2.57. The van der Waals surface area contributed by atoms with Gasteiger partial charge in [-0.05, 0) is 32.0 Å². The number of carbonyl (C=O) groups is 2. The molecule has 0 radical (unpaired) electrons. The molecule has 1 aromatic carbocycles. The number of ether oxygens (including phenoxy) is 2. The third kappa shape index (κ3) is 4.17. The molecule has 26 heavy (non-hydrogen) atoms. The van der Waals surface area contributed by atoms with Gasteiger partial charge in [-0.15, -0.1) is 12.4 Å². The first-order valence-corrected chi connectivity index (χ1v) is 9.24. The molecular weight excluding hydrogens is 384 g/mol. The minimum atomic E-state index is -4.01. The summed E-state index contributed by atoms with van der Waals surface area (Å²) in [6.07, 6.45) is 0. The number of nitrogens with one attached hydrogen (secondary N) is 1. The Bertz CT molecular complexity index is 783. The van der Waals surface area contributed by atoms with Gasteiger partial charge >= 0.3 is 11.9 Å². The number of hydrogen-bond acceptors (Lipinski definition) is 7. The molecule has 1 fully saturated rings. The van der Waals surface area contributed by atoms with E-state index in [1.165, 1.54) is 30.7 Å². The molecule has 146 valence electrons. The van der Waals surface area contributed by atoms with Crippen molar-refractivity contribution >= 4 is 34.4 Å². The van der Waals surface area contributed by atoms with Crippen LogP contribution in [0.1, 0.15) is 34.6 Å². The van der Waals surface area contributed by atoms with E-state index < -0.39 is 22.0 Å². The highest BCUT2D eigenvalue weighted by Gasteiger charge is 2.37. The minimum absolute atomic E-state index is 0. The zero-order valence-corrected chi connectivity index (χ0v) is 16.6. The summed E-state index contributed by atoms with van der Waals surface area (Å²) >= 11 is 0. The van der Waals surface area contributed by atoms with Crippen molar-refractivity contribution < 1.29 is 27.5 Å². The van der Waals surface area contributed by atoms with Gasteiger partial charge in [0.05, 0.1) is 30.2 Å². The van der Waals surface area contributed by atoms with Crippen LogP contribution in [0.5, 0.6) is 0 Å². The number of halogens is 1. The Labute approximate surface area is 159 Å². The molecule has 10 heteroatoms. The van der Waals surface area contributed by atoms with Gasteiger partial charge in [0, 0.05) is 25.2 Å². The van der Waals surface area contributed by atoms with Crippen LogP contribution in [0.25, 0.3) is 0 Å². The molecule has 2 atom stereocenters. The van der Waals surface area contributed by atoms with Crippen LogP contribution >= 0.6 is 12.4 Å². The van der Waals surface area contributed by atoms with Crippen molar-refractivity contribution in [2.75, 3.05) is 27.3 Å². The van der Waals surface area contributed by atoms with Gasteiger partial charge in [-0.1, -0.05) is 0 Å². The molecule has 0 aromatic heterocycles. The summed E-state index contributed by atoms with van der Waals surface area (Å²) in [6, 6.07) is 3.40.